The quantitative estimate of drug-likeness (QED) is 0.225. The molecule has 2 heterocycles. The molecular weight excluding hydrogens is 590 g/mol. The smallest absolute Gasteiger partial charge is 0.341 e. The number of nitrogens with one attached hydrogen (secondary N) is 1. The van der Waals surface area contributed by atoms with Crippen LogP contribution < -0.4 is 25.3 Å². The Morgan fingerprint density at radius 3 is 2.37 bits per heavy atom. The van der Waals surface area contributed by atoms with Gasteiger partial charge in [-0.2, -0.15) is 10.5 Å². The number of hydrogen-bond acceptors (Lipinski definition) is 12. The molecule has 4 rings (SSSR count). The van der Waals surface area contributed by atoms with Gasteiger partial charge in [0.25, 0.3) is 0 Å². The Balaban J connectivity index is 1.60. The van der Waals surface area contributed by atoms with Crippen LogP contribution in [-0.2, 0) is 22.4 Å². The van der Waals surface area contributed by atoms with Crippen molar-refractivity contribution in [3.05, 3.63) is 39.3 Å². The van der Waals surface area contributed by atoms with Crippen LogP contribution in [0.15, 0.2) is 17.2 Å². The molecule has 1 amide bonds. The molecule has 1 atom stereocenters. The number of hydrogen-bond donors (Lipinski definition) is 2. The number of pyridine rings is 1. The minimum atomic E-state index is -0.466. The number of nitrogens with zero attached hydrogens (tertiary/aromatic N) is 3. The molecule has 43 heavy (non-hydrogen) atoms. The number of nitrogen functional groups attached to an aromatic ring is 1. The molecule has 13 heteroatoms. The van der Waals surface area contributed by atoms with Gasteiger partial charge < -0.3 is 30.0 Å². The molecule has 0 fully saturated rings. The van der Waals surface area contributed by atoms with E-state index in [-0.39, 0.29) is 45.6 Å². The first-order valence-corrected chi connectivity index (χ1v) is 15.1. The van der Waals surface area contributed by atoms with Crippen LogP contribution in [0.25, 0.3) is 11.1 Å². The molecule has 1 aliphatic carbocycles. The summed E-state index contributed by atoms with van der Waals surface area (Å²) < 4.78 is 21.3. The topological polar surface area (TPSA) is 170 Å². The number of ether oxygens (including phenoxy) is 4. The zero-order valence-corrected chi connectivity index (χ0v) is 26.1. The number of rotatable bonds is 10. The summed E-state index contributed by atoms with van der Waals surface area (Å²) in [5, 5.41) is 23.7. The molecular formula is C30H31N5O6S2. The fourth-order valence-corrected chi connectivity index (χ4v) is 7.35. The third kappa shape index (κ3) is 6.33. The fraction of sp³-hybridized carbons (Fsp3) is 0.367. The van der Waals surface area contributed by atoms with Crippen LogP contribution in [-0.4, -0.2) is 51.1 Å². The van der Waals surface area contributed by atoms with Gasteiger partial charge in [-0.1, -0.05) is 6.92 Å². The Bertz CT molecular complexity index is 1630. The normalized spacial score (nSPS) is 13.7. The van der Waals surface area contributed by atoms with Crippen LogP contribution in [0, 0.1) is 28.6 Å². The van der Waals surface area contributed by atoms with Crippen molar-refractivity contribution in [1.82, 2.24) is 4.98 Å². The molecule has 11 nitrogen and oxygen atoms in total. The van der Waals surface area contributed by atoms with Crippen LogP contribution in [0.2, 0.25) is 0 Å². The summed E-state index contributed by atoms with van der Waals surface area (Å²) in [4.78, 5) is 31.0. The molecule has 0 saturated carbocycles. The number of thioether (sulfide) groups is 1. The monoisotopic (exact) mass is 621 g/mol. The number of thiophene rings is 1. The Hall–Kier alpha value is -4.46. The van der Waals surface area contributed by atoms with Crippen molar-refractivity contribution in [3.63, 3.8) is 0 Å². The number of anilines is 2. The first-order valence-electron chi connectivity index (χ1n) is 13.3. The number of methoxy groups -OCH3 is 4. The van der Waals surface area contributed by atoms with Crippen LogP contribution >= 0.6 is 23.1 Å². The summed E-state index contributed by atoms with van der Waals surface area (Å²) in [5.74, 6) is 0.958. The Labute approximate surface area is 257 Å². The van der Waals surface area contributed by atoms with Crippen molar-refractivity contribution in [3.8, 4) is 40.5 Å². The maximum atomic E-state index is 13.0. The first-order chi connectivity index (χ1) is 20.7. The lowest BCUT2D eigenvalue weighted by Crippen LogP contribution is -2.16. The van der Waals surface area contributed by atoms with Crippen LogP contribution in [0.4, 0.5) is 10.8 Å². The molecule has 0 aliphatic heterocycles. The molecule has 3 aromatic rings. The maximum absolute atomic E-state index is 13.0. The highest BCUT2D eigenvalue weighted by molar-refractivity contribution is 7.99. The molecule has 2 aromatic heterocycles. The number of fused-ring (bicyclic) bond motifs is 1. The largest absolute Gasteiger partial charge is 0.493 e. The highest BCUT2D eigenvalue weighted by Crippen LogP contribution is 2.44. The number of esters is 1. The summed E-state index contributed by atoms with van der Waals surface area (Å²) in [5.41, 5.74) is 8.42. The Kier molecular flexibility index (Phi) is 10.0. The van der Waals surface area contributed by atoms with Crippen molar-refractivity contribution < 1.29 is 28.5 Å². The number of carbonyl (C=O) groups is 2. The minimum Gasteiger partial charge on any atom is -0.493 e. The summed E-state index contributed by atoms with van der Waals surface area (Å²) in [6, 6.07) is 7.45. The van der Waals surface area contributed by atoms with Gasteiger partial charge in [0, 0.05) is 22.6 Å². The van der Waals surface area contributed by atoms with Gasteiger partial charge in [0.15, 0.2) is 11.5 Å². The number of amides is 1. The highest BCUT2D eigenvalue weighted by atomic mass is 32.2. The van der Waals surface area contributed by atoms with Crippen molar-refractivity contribution >= 4 is 45.8 Å². The maximum Gasteiger partial charge on any atom is 0.341 e. The van der Waals surface area contributed by atoms with Crippen molar-refractivity contribution in [2.24, 2.45) is 5.92 Å². The average Bonchev–Trinajstić information content (AvgIpc) is 3.35. The standard InChI is InChI=1S/C30H31N5O6S2/c1-15-6-7-17-22(10-15)43-29(25(17)30(37)41-5)34-23(36)8-9-42-28-19(14-32)24(18(13-31)27(33)35-28)16-11-20(38-2)26(40-4)21(12-16)39-3/h11-12,15H,6-10H2,1-5H3,(H2,33,35)(H,34,36). The number of nitrogens with two attached hydrogens (primary N) is 1. The lowest BCUT2D eigenvalue weighted by Gasteiger charge is -2.18. The van der Waals surface area contributed by atoms with Gasteiger partial charge in [0.2, 0.25) is 11.7 Å². The van der Waals surface area contributed by atoms with E-state index in [9.17, 15) is 20.1 Å². The van der Waals surface area contributed by atoms with Crippen molar-refractivity contribution in [1.29, 1.82) is 10.5 Å². The summed E-state index contributed by atoms with van der Waals surface area (Å²) in [6.45, 7) is 2.17. The van der Waals surface area contributed by atoms with Crippen LogP contribution in [0.1, 0.15) is 51.7 Å². The van der Waals surface area contributed by atoms with Gasteiger partial charge >= 0.3 is 5.97 Å². The molecule has 0 bridgehead atoms. The molecule has 1 unspecified atom stereocenters. The molecule has 0 saturated heterocycles. The van der Waals surface area contributed by atoms with Gasteiger partial charge in [0.1, 0.15) is 33.5 Å². The summed E-state index contributed by atoms with van der Waals surface area (Å²) in [7, 11) is 5.73. The first kappa shape index (κ1) is 31.5. The lowest BCUT2D eigenvalue weighted by molar-refractivity contribution is -0.115. The van der Waals surface area contributed by atoms with E-state index in [0.717, 1.165) is 41.5 Å². The van der Waals surface area contributed by atoms with Crippen LogP contribution in [0.5, 0.6) is 17.2 Å². The number of nitriles is 2. The highest BCUT2D eigenvalue weighted by Gasteiger charge is 2.29. The van der Waals surface area contributed by atoms with E-state index in [1.807, 2.05) is 0 Å². The van der Waals surface area contributed by atoms with E-state index in [1.54, 1.807) is 12.1 Å². The number of benzene rings is 1. The van der Waals surface area contributed by atoms with Gasteiger partial charge in [-0.05, 0) is 48.4 Å². The molecule has 224 valence electrons. The fourth-order valence-electron chi connectivity index (χ4n) is 5.00. The summed E-state index contributed by atoms with van der Waals surface area (Å²) >= 11 is 2.58. The van der Waals surface area contributed by atoms with E-state index in [1.165, 1.54) is 39.8 Å². The lowest BCUT2D eigenvalue weighted by atomic mass is 9.88. The third-order valence-electron chi connectivity index (χ3n) is 7.09. The molecule has 1 aromatic carbocycles. The van der Waals surface area contributed by atoms with Crippen molar-refractivity contribution in [2.75, 3.05) is 45.2 Å². The Morgan fingerprint density at radius 1 is 1.12 bits per heavy atom. The van der Waals surface area contributed by atoms with Gasteiger partial charge in [-0.3, -0.25) is 4.79 Å². The van der Waals surface area contributed by atoms with E-state index in [4.69, 9.17) is 24.7 Å². The second-order valence-electron chi connectivity index (χ2n) is 9.76. The van der Waals surface area contributed by atoms with Crippen molar-refractivity contribution in [2.45, 2.75) is 37.6 Å². The van der Waals surface area contributed by atoms with Gasteiger partial charge in [-0.15, -0.1) is 23.1 Å². The SMILES string of the molecule is COC(=O)c1c(NC(=O)CCSc2nc(N)c(C#N)c(-c3cc(OC)c(OC)c(OC)c3)c2C#N)sc2c1CCC(C)C2. The zero-order chi connectivity index (χ0) is 31.3. The van der Waals surface area contributed by atoms with E-state index >= 15 is 0 Å². The van der Waals surface area contributed by atoms with Gasteiger partial charge in [0.05, 0.1) is 39.6 Å². The van der Waals surface area contributed by atoms with E-state index < -0.39 is 5.97 Å². The second kappa shape index (κ2) is 13.7. The number of aromatic nitrogens is 1. The third-order valence-corrected chi connectivity index (χ3v) is 9.24. The predicted octanol–water partition coefficient (Wildman–Crippen LogP) is 5.19. The molecule has 0 spiro atoms. The summed E-state index contributed by atoms with van der Waals surface area (Å²) in [6.07, 6.45) is 2.65. The van der Waals surface area contributed by atoms with Gasteiger partial charge in [-0.25, -0.2) is 9.78 Å². The second-order valence-corrected chi connectivity index (χ2v) is 11.9. The van der Waals surface area contributed by atoms with E-state index in [2.05, 4.69) is 29.4 Å². The minimum absolute atomic E-state index is 0.0271. The average molecular weight is 622 g/mol. The van der Waals surface area contributed by atoms with Crippen LogP contribution in [0.3, 0.4) is 0 Å². The number of carbonyl (C=O) groups excluding carboxylic acids is 2. The zero-order valence-electron chi connectivity index (χ0n) is 24.5. The predicted molar refractivity (Wildman–Crippen MR) is 164 cm³/mol. The van der Waals surface area contributed by atoms with E-state index in [0.29, 0.717) is 39.3 Å². The Morgan fingerprint density at radius 2 is 1.79 bits per heavy atom. The molecule has 3 N–H and O–H groups in total. The molecule has 1 aliphatic rings. The molecule has 0 radical (unpaired) electrons.